The Balaban J connectivity index is 2.53. The summed E-state index contributed by atoms with van der Waals surface area (Å²) in [5.74, 6) is 0. The van der Waals surface area contributed by atoms with Gasteiger partial charge < -0.3 is 4.74 Å². The third kappa shape index (κ3) is 5.92. The summed E-state index contributed by atoms with van der Waals surface area (Å²) in [5, 5.41) is 9.71. The van der Waals surface area contributed by atoms with Gasteiger partial charge in [0.15, 0.2) is 0 Å². The highest BCUT2D eigenvalue weighted by molar-refractivity contribution is 4.43. The molecule has 2 radical (unpaired) electrons. The van der Waals surface area contributed by atoms with Crippen LogP contribution in [-0.4, -0.2) is 13.2 Å². The Kier molecular flexibility index (Phi) is 6.85. The Hall–Kier alpha value is -0.0800. The molecule has 0 saturated heterocycles. The minimum Gasteiger partial charge on any atom is -0.373 e. The fourth-order valence-corrected chi connectivity index (χ4v) is 0.359. The second kappa shape index (κ2) is 6.92. The lowest BCUT2D eigenvalue weighted by Gasteiger charge is -1.95. The zero-order valence-electron chi connectivity index (χ0n) is 5.22. The van der Waals surface area contributed by atoms with Crippen LogP contribution in [0.5, 0.6) is 0 Å². The molecule has 0 bridgehead atoms. The third-order valence-electron chi connectivity index (χ3n) is 0.802. The van der Waals surface area contributed by atoms with Crippen LogP contribution in [0.25, 0.3) is 0 Å². The highest BCUT2D eigenvalue weighted by Crippen LogP contribution is 1.88. The predicted molar refractivity (Wildman–Crippen MR) is 30.7 cm³/mol. The number of unbranched alkanes of at least 4 members (excludes halogenated alkanes) is 1. The fourth-order valence-electron chi connectivity index (χ4n) is 0.359. The summed E-state index contributed by atoms with van der Waals surface area (Å²) in [7, 11) is 0. The number of hydrogen-bond acceptors (Lipinski definition) is 1. The molecule has 0 N–H and O–H groups in total. The average molecular weight is 116 g/mol. The summed E-state index contributed by atoms with van der Waals surface area (Å²) in [4.78, 5) is 0. The molecule has 0 atom stereocenters. The SMILES string of the molecule is CCCCO[CH]C[O]. The smallest absolute Gasteiger partial charge is 0.112 e. The minimum atomic E-state index is -0.232. The molecule has 0 aromatic carbocycles. The number of ether oxygens (including phenoxy) is 1. The quantitative estimate of drug-likeness (QED) is 0.499. The molecule has 2 heteroatoms. The predicted octanol–water partition coefficient (Wildman–Crippen LogP) is 1.40. The first kappa shape index (κ1) is 7.92. The summed E-state index contributed by atoms with van der Waals surface area (Å²) in [6, 6.07) is 0. The van der Waals surface area contributed by atoms with Crippen LogP contribution in [0.1, 0.15) is 19.8 Å². The van der Waals surface area contributed by atoms with Crippen LogP contribution < -0.4 is 0 Å². The van der Waals surface area contributed by atoms with Gasteiger partial charge in [-0.25, -0.2) is 5.11 Å². The first-order valence-corrected chi connectivity index (χ1v) is 2.93. The van der Waals surface area contributed by atoms with Crippen molar-refractivity contribution in [2.24, 2.45) is 0 Å². The molecule has 0 unspecified atom stereocenters. The van der Waals surface area contributed by atoms with Crippen molar-refractivity contribution in [2.75, 3.05) is 13.2 Å². The van der Waals surface area contributed by atoms with Gasteiger partial charge in [0.1, 0.15) is 13.2 Å². The second-order valence-corrected chi connectivity index (χ2v) is 1.56. The normalized spacial score (nSPS) is 9.75. The molecule has 0 saturated carbocycles. The van der Waals surface area contributed by atoms with E-state index < -0.39 is 0 Å². The molecular formula is C6H12O2. The van der Waals surface area contributed by atoms with Gasteiger partial charge in [-0.1, -0.05) is 13.3 Å². The summed E-state index contributed by atoms with van der Waals surface area (Å²) < 4.78 is 4.79. The van der Waals surface area contributed by atoms with E-state index in [1.54, 1.807) is 0 Å². The monoisotopic (exact) mass is 116 g/mol. The molecule has 0 aliphatic carbocycles. The Morgan fingerprint density at radius 1 is 1.62 bits per heavy atom. The van der Waals surface area contributed by atoms with E-state index in [1.165, 1.54) is 6.61 Å². The van der Waals surface area contributed by atoms with Gasteiger partial charge >= 0.3 is 0 Å². The minimum absolute atomic E-state index is 0.232. The van der Waals surface area contributed by atoms with Crippen molar-refractivity contribution in [1.29, 1.82) is 0 Å². The molecule has 8 heavy (non-hydrogen) atoms. The fraction of sp³-hybridized carbons (Fsp3) is 0.833. The summed E-state index contributed by atoms with van der Waals surface area (Å²) in [6.07, 6.45) is 2.16. The zero-order chi connectivity index (χ0) is 6.24. The van der Waals surface area contributed by atoms with Crippen molar-refractivity contribution in [3.63, 3.8) is 0 Å². The van der Waals surface area contributed by atoms with Gasteiger partial charge in [0.25, 0.3) is 0 Å². The lowest BCUT2D eigenvalue weighted by atomic mass is 10.4. The van der Waals surface area contributed by atoms with Crippen molar-refractivity contribution >= 4 is 0 Å². The maximum absolute atomic E-state index is 9.71. The van der Waals surface area contributed by atoms with Crippen molar-refractivity contribution in [2.45, 2.75) is 19.8 Å². The molecular weight excluding hydrogens is 104 g/mol. The van der Waals surface area contributed by atoms with Gasteiger partial charge in [-0.2, -0.15) is 0 Å². The molecule has 0 rings (SSSR count). The first-order chi connectivity index (χ1) is 3.91. The van der Waals surface area contributed by atoms with Crippen molar-refractivity contribution < 1.29 is 9.84 Å². The Labute approximate surface area is 50.5 Å². The topological polar surface area (TPSA) is 29.1 Å². The van der Waals surface area contributed by atoms with Gasteiger partial charge in [0, 0.05) is 6.61 Å². The summed E-state index contributed by atoms with van der Waals surface area (Å²) in [6.45, 7) is 3.85. The molecule has 0 aromatic heterocycles. The van der Waals surface area contributed by atoms with E-state index in [1.807, 2.05) is 0 Å². The van der Waals surface area contributed by atoms with Gasteiger partial charge in [0.2, 0.25) is 0 Å². The second-order valence-electron chi connectivity index (χ2n) is 1.56. The van der Waals surface area contributed by atoms with Crippen LogP contribution in [0.3, 0.4) is 0 Å². The molecule has 2 nitrogen and oxygen atoms in total. The summed E-state index contributed by atoms with van der Waals surface area (Å²) in [5.41, 5.74) is 0. The third-order valence-corrected chi connectivity index (χ3v) is 0.802. The molecule has 0 spiro atoms. The van der Waals surface area contributed by atoms with Crippen LogP contribution in [0.2, 0.25) is 0 Å². The molecule has 0 aromatic rings. The molecule has 0 aliphatic heterocycles. The van der Waals surface area contributed by atoms with E-state index in [9.17, 15) is 5.11 Å². The van der Waals surface area contributed by atoms with E-state index >= 15 is 0 Å². The van der Waals surface area contributed by atoms with Crippen LogP contribution in [0.4, 0.5) is 0 Å². The summed E-state index contributed by atoms with van der Waals surface area (Å²) >= 11 is 0. The van der Waals surface area contributed by atoms with Gasteiger partial charge in [-0.05, 0) is 6.42 Å². The lowest BCUT2D eigenvalue weighted by molar-refractivity contribution is 0.114. The zero-order valence-corrected chi connectivity index (χ0v) is 5.22. The van der Waals surface area contributed by atoms with E-state index in [2.05, 4.69) is 6.92 Å². The molecule has 0 fully saturated rings. The highest BCUT2D eigenvalue weighted by atomic mass is 16.5. The first-order valence-electron chi connectivity index (χ1n) is 2.93. The standard InChI is InChI=1S/C6H12O2/c1-2-3-5-8-6-4-7/h6H,2-5H2,1H3. The van der Waals surface area contributed by atoms with Crippen molar-refractivity contribution in [3.05, 3.63) is 6.61 Å². The molecule has 0 amide bonds. The van der Waals surface area contributed by atoms with Crippen LogP contribution in [0, 0.1) is 6.61 Å². The lowest BCUT2D eigenvalue weighted by Crippen LogP contribution is -1.92. The van der Waals surface area contributed by atoms with E-state index in [0.29, 0.717) is 6.61 Å². The molecule has 0 aliphatic rings. The van der Waals surface area contributed by atoms with Gasteiger partial charge in [0.05, 0.1) is 0 Å². The largest absolute Gasteiger partial charge is 0.373 e. The Morgan fingerprint density at radius 3 is 2.88 bits per heavy atom. The van der Waals surface area contributed by atoms with Gasteiger partial charge in [-0.15, -0.1) is 0 Å². The average Bonchev–Trinajstić information content (AvgIpc) is 1.81. The maximum atomic E-state index is 9.71. The van der Waals surface area contributed by atoms with Gasteiger partial charge in [-0.3, -0.25) is 0 Å². The van der Waals surface area contributed by atoms with Crippen molar-refractivity contribution in [1.82, 2.24) is 0 Å². The Bertz CT molecular complexity index is 31.5. The van der Waals surface area contributed by atoms with E-state index in [-0.39, 0.29) is 6.61 Å². The number of rotatable bonds is 5. The van der Waals surface area contributed by atoms with Crippen LogP contribution in [0.15, 0.2) is 0 Å². The Morgan fingerprint density at radius 2 is 2.38 bits per heavy atom. The van der Waals surface area contributed by atoms with E-state index in [4.69, 9.17) is 4.74 Å². The molecule has 48 valence electrons. The maximum Gasteiger partial charge on any atom is 0.112 e. The number of hydrogen-bond donors (Lipinski definition) is 0. The van der Waals surface area contributed by atoms with E-state index in [0.717, 1.165) is 12.8 Å². The van der Waals surface area contributed by atoms with Crippen molar-refractivity contribution in [3.8, 4) is 0 Å². The van der Waals surface area contributed by atoms with Crippen LogP contribution >= 0.6 is 0 Å². The highest BCUT2D eigenvalue weighted by Gasteiger charge is 1.84. The van der Waals surface area contributed by atoms with Crippen LogP contribution in [-0.2, 0) is 9.84 Å². The molecule has 0 heterocycles.